The topological polar surface area (TPSA) is 49.9 Å². The van der Waals surface area contributed by atoms with Gasteiger partial charge in [0.2, 0.25) is 0 Å². The van der Waals surface area contributed by atoms with Gasteiger partial charge in [-0.2, -0.15) is 0 Å². The van der Waals surface area contributed by atoms with Crippen molar-refractivity contribution in [3.05, 3.63) is 154 Å². The van der Waals surface area contributed by atoms with E-state index in [4.69, 9.17) is 14.4 Å². The number of allylic oxidation sites excluding steroid dienone is 4. The molecule has 0 radical (unpaired) electrons. The van der Waals surface area contributed by atoms with Crippen molar-refractivity contribution in [2.75, 3.05) is 0 Å². The van der Waals surface area contributed by atoms with E-state index in [0.29, 0.717) is 0 Å². The Bertz CT molecular complexity index is 2860. The average Bonchev–Trinajstić information content (AvgIpc) is 3.79. The van der Waals surface area contributed by atoms with Crippen LogP contribution in [0.2, 0.25) is 0 Å². The standard InChI is InChI=1S/C48H37N3OS/c1-3-4-5-14-29(2)46-49-47(51-48(50-46)40-27-30-15-6-7-16-32(30)34-17-8-9-18-35(34)40)39-26-25-33(45-44(39)38-20-10-12-21-41(38)52-45)31-23-24-37-36-19-11-13-22-42(36)53-43(37)28-31/h3-7,10-16,19-22,25-29,46H,9,18,23-24H2,1-2H3,(H,49,50,51)/b4-3-,14-5-. The Hall–Kier alpha value is -5.96. The minimum absolute atomic E-state index is 0.0986. The van der Waals surface area contributed by atoms with Crippen molar-refractivity contribution in [2.45, 2.75) is 45.7 Å². The lowest BCUT2D eigenvalue weighted by Crippen LogP contribution is -2.42. The Kier molecular flexibility index (Phi) is 7.74. The van der Waals surface area contributed by atoms with E-state index in [1.807, 2.05) is 24.3 Å². The number of para-hydroxylation sites is 1. The van der Waals surface area contributed by atoms with Crippen LogP contribution >= 0.6 is 11.3 Å². The van der Waals surface area contributed by atoms with Gasteiger partial charge in [0, 0.05) is 54.9 Å². The van der Waals surface area contributed by atoms with Crippen molar-refractivity contribution >= 4 is 77.5 Å². The number of thiophene rings is 1. The zero-order valence-electron chi connectivity index (χ0n) is 29.7. The quantitative estimate of drug-likeness (QED) is 0.138. The van der Waals surface area contributed by atoms with Gasteiger partial charge in [-0.15, -0.1) is 11.3 Å². The average molecular weight is 704 g/mol. The summed E-state index contributed by atoms with van der Waals surface area (Å²) < 4.78 is 8.15. The summed E-state index contributed by atoms with van der Waals surface area (Å²) in [6.07, 6.45) is 14.3. The van der Waals surface area contributed by atoms with Gasteiger partial charge in [0.25, 0.3) is 0 Å². The Morgan fingerprint density at radius 1 is 0.849 bits per heavy atom. The molecule has 2 unspecified atom stereocenters. The summed E-state index contributed by atoms with van der Waals surface area (Å²) in [6.45, 7) is 4.25. The van der Waals surface area contributed by atoms with E-state index in [9.17, 15) is 0 Å². The summed E-state index contributed by atoms with van der Waals surface area (Å²) in [5, 5.41) is 9.69. The molecule has 1 aliphatic heterocycles. The van der Waals surface area contributed by atoms with Crippen molar-refractivity contribution in [2.24, 2.45) is 15.9 Å². The van der Waals surface area contributed by atoms with Crippen molar-refractivity contribution in [3.63, 3.8) is 0 Å². The Balaban J connectivity index is 1.16. The molecule has 3 heterocycles. The van der Waals surface area contributed by atoms with Crippen LogP contribution in [0.4, 0.5) is 0 Å². The van der Waals surface area contributed by atoms with E-state index in [0.717, 1.165) is 86.9 Å². The van der Waals surface area contributed by atoms with Gasteiger partial charge in [-0.25, -0.2) is 9.98 Å². The van der Waals surface area contributed by atoms with E-state index < -0.39 is 0 Å². The molecule has 5 aromatic carbocycles. The molecule has 4 nitrogen and oxygen atoms in total. The number of nitrogens with zero attached hydrogens (tertiary/aromatic N) is 2. The van der Waals surface area contributed by atoms with Gasteiger partial charge in [0.05, 0.1) is 0 Å². The molecule has 5 heteroatoms. The fourth-order valence-electron chi connectivity index (χ4n) is 8.25. The maximum Gasteiger partial charge on any atom is 0.159 e. The predicted molar refractivity (Wildman–Crippen MR) is 224 cm³/mol. The third-order valence-electron chi connectivity index (χ3n) is 10.9. The first-order valence-electron chi connectivity index (χ1n) is 18.6. The van der Waals surface area contributed by atoms with Crippen LogP contribution in [-0.4, -0.2) is 17.8 Å². The molecular formula is C48H37N3OS. The number of benzene rings is 5. The number of hydrogen-bond donors (Lipinski definition) is 1. The minimum atomic E-state index is -0.226. The highest BCUT2D eigenvalue weighted by atomic mass is 32.1. The number of hydrogen-bond acceptors (Lipinski definition) is 5. The first-order valence-corrected chi connectivity index (χ1v) is 19.4. The summed E-state index contributed by atoms with van der Waals surface area (Å²) in [7, 11) is 0. The van der Waals surface area contributed by atoms with Crippen molar-refractivity contribution < 1.29 is 4.42 Å². The number of fused-ring (bicyclic) bond motifs is 9. The molecule has 53 heavy (non-hydrogen) atoms. The van der Waals surface area contributed by atoms with Crippen LogP contribution in [0.1, 0.15) is 64.9 Å². The van der Waals surface area contributed by atoms with Gasteiger partial charge >= 0.3 is 0 Å². The predicted octanol–water partition coefficient (Wildman–Crippen LogP) is 11.6. The molecule has 7 aromatic rings. The summed E-state index contributed by atoms with van der Waals surface area (Å²) in [5.74, 6) is 8.50. The smallest absolute Gasteiger partial charge is 0.159 e. The van der Waals surface area contributed by atoms with Gasteiger partial charge in [-0.1, -0.05) is 110 Å². The molecule has 256 valence electrons. The van der Waals surface area contributed by atoms with Crippen LogP contribution < -0.4 is 5.32 Å². The zero-order chi connectivity index (χ0) is 35.5. The number of nitrogens with one attached hydrogen (secondary N) is 1. The van der Waals surface area contributed by atoms with Crippen LogP contribution in [0.3, 0.4) is 0 Å². The maximum absolute atomic E-state index is 6.80. The van der Waals surface area contributed by atoms with Gasteiger partial charge in [-0.05, 0) is 89.4 Å². The first kappa shape index (κ1) is 31.7. The molecule has 0 bridgehead atoms. The number of amidine groups is 2. The van der Waals surface area contributed by atoms with Crippen LogP contribution in [0.5, 0.6) is 0 Å². The van der Waals surface area contributed by atoms with Crippen LogP contribution in [-0.2, 0) is 12.8 Å². The van der Waals surface area contributed by atoms with Crippen molar-refractivity contribution in [1.82, 2.24) is 5.32 Å². The summed E-state index contributed by atoms with van der Waals surface area (Å²) in [5.41, 5.74) is 10.1. The second kappa shape index (κ2) is 12.9. The maximum atomic E-state index is 6.80. The lowest BCUT2D eigenvalue weighted by molar-refractivity contribution is 0.508. The molecule has 3 aliphatic rings. The van der Waals surface area contributed by atoms with E-state index >= 15 is 0 Å². The van der Waals surface area contributed by atoms with Crippen molar-refractivity contribution in [3.8, 4) is 11.8 Å². The summed E-state index contributed by atoms with van der Waals surface area (Å²) in [4.78, 5) is 12.1. The largest absolute Gasteiger partial charge is 0.455 e. The zero-order valence-corrected chi connectivity index (χ0v) is 30.6. The van der Waals surface area contributed by atoms with Gasteiger partial charge in [-0.3, -0.25) is 0 Å². The van der Waals surface area contributed by atoms with Gasteiger partial charge in [0.1, 0.15) is 23.2 Å². The third kappa shape index (κ3) is 5.36. The summed E-state index contributed by atoms with van der Waals surface area (Å²) >= 11 is 1.89. The second-order valence-electron chi connectivity index (χ2n) is 14.1. The molecule has 0 fully saturated rings. The lowest BCUT2D eigenvalue weighted by Gasteiger charge is -2.28. The highest BCUT2D eigenvalue weighted by Gasteiger charge is 2.29. The Labute approximate surface area is 313 Å². The van der Waals surface area contributed by atoms with E-state index in [2.05, 4.69) is 139 Å². The Morgan fingerprint density at radius 2 is 1.66 bits per heavy atom. The highest BCUT2D eigenvalue weighted by molar-refractivity contribution is 7.20. The molecular weight excluding hydrogens is 667 g/mol. The highest BCUT2D eigenvalue weighted by Crippen LogP contribution is 2.43. The Morgan fingerprint density at radius 3 is 2.57 bits per heavy atom. The first-order chi connectivity index (χ1) is 26.1. The van der Waals surface area contributed by atoms with E-state index in [-0.39, 0.29) is 12.1 Å². The minimum Gasteiger partial charge on any atom is -0.455 e. The molecule has 1 N–H and O–H groups in total. The van der Waals surface area contributed by atoms with Gasteiger partial charge < -0.3 is 9.73 Å². The molecule has 0 amide bonds. The van der Waals surface area contributed by atoms with Crippen LogP contribution in [0.25, 0.3) is 54.4 Å². The number of furan rings is 1. The molecule has 2 aliphatic carbocycles. The monoisotopic (exact) mass is 703 g/mol. The third-order valence-corrected chi connectivity index (χ3v) is 12.1. The molecule has 0 saturated heterocycles. The number of aliphatic imine (C=N–C) groups is 2. The fraction of sp³-hybridized carbons (Fsp3) is 0.167. The SMILES string of the molecule is C/C=C\C=C/C(C)C1N=C(c2cc3ccccc3c3c2CCC#C3)N=C(c2ccc(C3=Cc4sc5ccccc5c4CC3)c3oc4ccccc4c23)N1. The second-order valence-corrected chi connectivity index (χ2v) is 15.2. The van der Waals surface area contributed by atoms with E-state index in [1.54, 1.807) is 0 Å². The number of rotatable bonds is 6. The molecule has 10 rings (SSSR count). The molecule has 0 spiro atoms. The van der Waals surface area contributed by atoms with Gasteiger partial charge in [0.15, 0.2) is 5.84 Å². The lowest BCUT2D eigenvalue weighted by atomic mass is 9.88. The molecule has 2 aromatic heterocycles. The fourth-order valence-corrected chi connectivity index (χ4v) is 9.47. The van der Waals surface area contributed by atoms with Crippen LogP contribution in [0, 0.1) is 17.8 Å². The van der Waals surface area contributed by atoms with E-state index in [1.165, 1.54) is 37.0 Å². The normalized spacial score (nSPS) is 17.4. The van der Waals surface area contributed by atoms with Crippen LogP contribution in [0.15, 0.2) is 130 Å². The number of aryl methyl sites for hydroxylation is 1. The summed E-state index contributed by atoms with van der Waals surface area (Å²) in [6, 6.07) is 32.5. The molecule has 2 atom stereocenters. The molecule has 0 saturated carbocycles. The van der Waals surface area contributed by atoms with Crippen molar-refractivity contribution in [1.29, 1.82) is 0 Å².